The monoisotopic (exact) mass is 720 g/mol. The molecule has 0 aromatic rings. The molecule has 5 heteroatoms. The van der Waals surface area contributed by atoms with Gasteiger partial charge in [-0.25, -0.2) is 0 Å². The summed E-state index contributed by atoms with van der Waals surface area (Å²) in [6, 6.07) is -0.827. The smallest absolute Gasteiger partial charge is 0.220 e. The van der Waals surface area contributed by atoms with Gasteiger partial charge in [-0.1, -0.05) is 212 Å². The fourth-order valence-electron chi connectivity index (χ4n) is 6.99. The van der Waals surface area contributed by atoms with Crippen LogP contribution in [0.5, 0.6) is 0 Å². The summed E-state index contributed by atoms with van der Waals surface area (Å²) in [4.78, 5) is 12.4. The summed E-state index contributed by atoms with van der Waals surface area (Å²) in [7, 11) is 0. The standard InChI is InChI=1S/C46H89NO4/c1-3-5-7-9-11-13-15-16-17-18-19-20-21-22-23-24-25-26-27-28-29-31-33-35-37-39-41-45(50)47-43(42-48)46(51)44(49)40-38-36-34-32-30-14-12-10-8-6-4-2/h10,12,32,34,43-44,46,48-49,51H,3-9,11,13-31,33,35-42H2,1-2H3,(H,47,50)/b12-10+,34-32+. The maximum absolute atomic E-state index is 12.4. The van der Waals surface area contributed by atoms with Crippen molar-refractivity contribution in [2.45, 2.75) is 257 Å². The van der Waals surface area contributed by atoms with Crippen LogP contribution in [0.2, 0.25) is 0 Å². The summed E-state index contributed by atoms with van der Waals surface area (Å²) < 4.78 is 0. The Hall–Kier alpha value is -1.17. The van der Waals surface area contributed by atoms with Gasteiger partial charge in [0.05, 0.1) is 18.8 Å². The van der Waals surface area contributed by atoms with Gasteiger partial charge in [0.15, 0.2) is 0 Å². The van der Waals surface area contributed by atoms with E-state index in [1.165, 1.54) is 161 Å². The first-order valence-corrected chi connectivity index (χ1v) is 22.6. The number of unbranched alkanes of at least 4 members (excludes halogenated alkanes) is 29. The van der Waals surface area contributed by atoms with Crippen molar-refractivity contribution in [2.24, 2.45) is 0 Å². The number of rotatable bonds is 41. The van der Waals surface area contributed by atoms with Gasteiger partial charge in [-0.3, -0.25) is 4.79 Å². The van der Waals surface area contributed by atoms with Crippen molar-refractivity contribution in [3.05, 3.63) is 24.3 Å². The zero-order valence-electron chi connectivity index (χ0n) is 34.2. The molecule has 3 atom stereocenters. The molecule has 0 fully saturated rings. The predicted molar refractivity (Wildman–Crippen MR) is 222 cm³/mol. The Morgan fingerprint density at radius 3 is 1.18 bits per heavy atom. The average molecular weight is 720 g/mol. The molecule has 0 aliphatic heterocycles. The number of hydrogen-bond donors (Lipinski definition) is 4. The van der Waals surface area contributed by atoms with Crippen LogP contribution in [0.25, 0.3) is 0 Å². The molecule has 0 heterocycles. The summed E-state index contributed by atoms with van der Waals surface area (Å²) in [5.74, 6) is -0.156. The van der Waals surface area contributed by atoms with E-state index >= 15 is 0 Å². The van der Waals surface area contributed by atoms with Crippen molar-refractivity contribution in [3.63, 3.8) is 0 Å². The van der Waals surface area contributed by atoms with E-state index in [0.29, 0.717) is 12.8 Å². The van der Waals surface area contributed by atoms with Gasteiger partial charge >= 0.3 is 0 Å². The quantitative estimate of drug-likeness (QED) is 0.0374. The zero-order valence-corrected chi connectivity index (χ0v) is 34.2. The van der Waals surface area contributed by atoms with E-state index in [0.717, 1.165) is 51.4 Å². The van der Waals surface area contributed by atoms with Crippen LogP contribution in [0.4, 0.5) is 0 Å². The van der Waals surface area contributed by atoms with Gasteiger partial charge in [0.2, 0.25) is 5.91 Å². The third kappa shape index (κ3) is 37.0. The highest BCUT2D eigenvalue weighted by Gasteiger charge is 2.26. The van der Waals surface area contributed by atoms with E-state index in [2.05, 4.69) is 43.5 Å². The maximum atomic E-state index is 12.4. The van der Waals surface area contributed by atoms with Crippen LogP contribution >= 0.6 is 0 Å². The van der Waals surface area contributed by atoms with Gasteiger partial charge in [-0.2, -0.15) is 0 Å². The highest BCUT2D eigenvalue weighted by molar-refractivity contribution is 5.76. The molecule has 51 heavy (non-hydrogen) atoms. The number of aliphatic hydroxyl groups is 3. The molecule has 0 rings (SSSR count). The number of allylic oxidation sites excluding steroid dienone is 4. The Morgan fingerprint density at radius 2 is 0.804 bits per heavy atom. The minimum absolute atomic E-state index is 0.156. The third-order valence-electron chi connectivity index (χ3n) is 10.5. The summed E-state index contributed by atoms with van der Waals surface area (Å²) >= 11 is 0. The number of carbonyl (C=O) groups excluding carboxylic acids is 1. The second-order valence-corrected chi connectivity index (χ2v) is 15.6. The molecular weight excluding hydrogens is 631 g/mol. The lowest BCUT2D eigenvalue weighted by Gasteiger charge is -2.26. The number of hydrogen-bond acceptors (Lipinski definition) is 4. The van der Waals surface area contributed by atoms with Crippen molar-refractivity contribution in [2.75, 3.05) is 6.61 Å². The fraction of sp³-hybridized carbons (Fsp3) is 0.891. The summed E-state index contributed by atoms with van der Waals surface area (Å²) in [6.45, 7) is 4.12. The molecule has 0 saturated heterocycles. The number of carbonyl (C=O) groups is 1. The van der Waals surface area contributed by atoms with Crippen molar-refractivity contribution < 1.29 is 20.1 Å². The molecule has 1 amide bonds. The SMILES string of the molecule is CCCC/C=C/CC/C=C/CCCC(O)C(O)C(CO)NC(=O)CCCCCCCCCCCCCCCCCCCCCCCCCCCC. The fourth-order valence-corrected chi connectivity index (χ4v) is 6.99. The topological polar surface area (TPSA) is 89.8 Å². The lowest BCUT2D eigenvalue weighted by molar-refractivity contribution is -0.124. The van der Waals surface area contributed by atoms with E-state index in [4.69, 9.17) is 0 Å². The number of amides is 1. The average Bonchev–Trinajstić information content (AvgIpc) is 3.13. The van der Waals surface area contributed by atoms with Gasteiger partial charge in [-0.15, -0.1) is 0 Å². The molecule has 0 aliphatic carbocycles. The molecule has 0 aromatic carbocycles. The molecule has 0 bridgehead atoms. The van der Waals surface area contributed by atoms with Gasteiger partial charge < -0.3 is 20.6 Å². The van der Waals surface area contributed by atoms with Gasteiger partial charge in [-0.05, 0) is 44.9 Å². The molecule has 0 aliphatic rings. The first-order valence-electron chi connectivity index (χ1n) is 22.6. The number of aliphatic hydroxyl groups excluding tert-OH is 3. The Kier molecular flexibility index (Phi) is 40.6. The van der Waals surface area contributed by atoms with Crippen molar-refractivity contribution in [1.82, 2.24) is 5.32 Å². The largest absolute Gasteiger partial charge is 0.394 e. The van der Waals surface area contributed by atoms with E-state index < -0.39 is 18.2 Å². The number of nitrogens with one attached hydrogen (secondary N) is 1. The third-order valence-corrected chi connectivity index (χ3v) is 10.5. The molecular formula is C46H89NO4. The van der Waals surface area contributed by atoms with E-state index in [1.54, 1.807) is 0 Å². The molecule has 0 aromatic heterocycles. The Morgan fingerprint density at radius 1 is 0.471 bits per heavy atom. The van der Waals surface area contributed by atoms with Gasteiger partial charge in [0, 0.05) is 6.42 Å². The molecule has 0 saturated carbocycles. The first kappa shape index (κ1) is 49.8. The second kappa shape index (κ2) is 41.6. The Bertz CT molecular complexity index is 754. The predicted octanol–water partition coefficient (Wildman–Crippen LogP) is 13.0. The second-order valence-electron chi connectivity index (χ2n) is 15.6. The van der Waals surface area contributed by atoms with Gasteiger partial charge in [0.1, 0.15) is 6.10 Å². The maximum Gasteiger partial charge on any atom is 0.220 e. The molecule has 5 nitrogen and oxygen atoms in total. The Labute approximate surface area is 318 Å². The van der Waals surface area contributed by atoms with Crippen LogP contribution in [0.3, 0.4) is 0 Å². The molecule has 3 unspecified atom stereocenters. The zero-order chi connectivity index (χ0) is 37.3. The van der Waals surface area contributed by atoms with Crippen LogP contribution < -0.4 is 5.32 Å². The summed E-state index contributed by atoms with van der Waals surface area (Å²) in [5.41, 5.74) is 0. The van der Waals surface area contributed by atoms with Crippen LogP contribution in [0.1, 0.15) is 239 Å². The molecule has 302 valence electrons. The minimum atomic E-state index is -1.16. The lowest BCUT2D eigenvalue weighted by Crippen LogP contribution is -2.50. The van der Waals surface area contributed by atoms with E-state index in [1.807, 2.05) is 0 Å². The van der Waals surface area contributed by atoms with E-state index in [-0.39, 0.29) is 12.5 Å². The summed E-state index contributed by atoms with van der Waals surface area (Å²) in [5, 5.41) is 33.4. The highest BCUT2D eigenvalue weighted by atomic mass is 16.3. The normalized spacial score (nSPS) is 13.7. The van der Waals surface area contributed by atoms with Crippen LogP contribution in [-0.4, -0.2) is 46.1 Å². The van der Waals surface area contributed by atoms with Crippen molar-refractivity contribution in [1.29, 1.82) is 0 Å². The van der Waals surface area contributed by atoms with Crippen molar-refractivity contribution >= 4 is 5.91 Å². The van der Waals surface area contributed by atoms with Crippen LogP contribution in [0.15, 0.2) is 24.3 Å². The molecule has 4 N–H and O–H groups in total. The minimum Gasteiger partial charge on any atom is -0.394 e. The van der Waals surface area contributed by atoms with Gasteiger partial charge in [0.25, 0.3) is 0 Å². The first-order chi connectivity index (χ1) is 25.1. The summed E-state index contributed by atoms with van der Waals surface area (Å²) in [6.07, 6.45) is 50.2. The molecule has 0 radical (unpaired) electrons. The molecule has 0 spiro atoms. The lowest BCUT2D eigenvalue weighted by atomic mass is 10.0. The van der Waals surface area contributed by atoms with Crippen LogP contribution in [0, 0.1) is 0 Å². The van der Waals surface area contributed by atoms with Crippen molar-refractivity contribution in [3.8, 4) is 0 Å². The Balaban J connectivity index is 3.53. The highest BCUT2D eigenvalue weighted by Crippen LogP contribution is 2.16. The van der Waals surface area contributed by atoms with Crippen LogP contribution in [-0.2, 0) is 4.79 Å². The van der Waals surface area contributed by atoms with E-state index in [9.17, 15) is 20.1 Å².